The van der Waals surface area contributed by atoms with Crippen molar-refractivity contribution >= 4 is 17.3 Å². The van der Waals surface area contributed by atoms with Crippen LogP contribution in [0, 0.1) is 0 Å². The van der Waals surface area contributed by atoms with E-state index in [4.69, 9.17) is 9.47 Å². The number of benzene rings is 2. The number of rotatable bonds is 7. The molecular formula is C17H20N2O3. The molecule has 5 nitrogen and oxygen atoms in total. The number of carbonyl (C=O) groups excluding carboxylic acids is 1. The molecule has 0 aliphatic rings. The van der Waals surface area contributed by atoms with Crippen molar-refractivity contribution in [3.8, 4) is 5.75 Å². The van der Waals surface area contributed by atoms with E-state index in [9.17, 15) is 4.79 Å². The third-order valence-electron chi connectivity index (χ3n) is 3.11. The van der Waals surface area contributed by atoms with Crippen LogP contribution in [-0.2, 0) is 4.74 Å². The summed E-state index contributed by atoms with van der Waals surface area (Å²) >= 11 is 0. The summed E-state index contributed by atoms with van der Waals surface area (Å²) in [7, 11) is 3.24. The topological polar surface area (TPSA) is 59.6 Å². The van der Waals surface area contributed by atoms with Crippen LogP contribution in [0.15, 0.2) is 48.5 Å². The van der Waals surface area contributed by atoms with Gasteiger partial charge in [-0.25, -0.2) is 0 Å². The minimum atomic E-state index is -0.168. The van der Waals surface area contributed by atoms with Crippen molar-refractivity contribution in [3.05, 3.63) is 54.1 Å². The van der Waals surface area contributed by atoms with E-state index < -0.39 is 0 Å². The molecule has 1 amide bonds. The fourth-order valence-electron chi connectivity index (χ4n) is 1.94. The van der Waals surface area contributed by atoms with Crippen LogP contribution in [0.3, 0.4) is 0 Å². The Morgan fingerprint density at radius 2 is 1.77 bits per heavy atom. The van der Waals surface area contributed by atoms with Crippen molar-refractivity contribution in [1.82, 2.24) is 0 Å². The standard InChI is InChI=1S/C17H20N2O3/c1-21-11-10-18-14-6-8-15(9-7-14)19-17(20)13-4-3-5-16(12-13)22-2/h3-9,12,18H,10-11H2,1-2H3,(H,19,20). The fourth-order valence-corrected chi connectivity index (χ4v) is 1.94. The summed E-state index contributed by atoms with van der Waals surface area (Å²) in [6.07, 6.45) is 0. The summed E-state index contributed by atoms with van der Waals surface area (Å²) in [6, 6.07) is 14.6. The highest BCUT2D eigenvalue weighted by molar-refractivity contribution is 6.04. The SMILES string of the molecule is COCCNc1ccc(NC(=O)c2cccc(OC)c2)cc1. The van der Waals surface area contributed by atoms with Gasteiger partial charge >= 0.3 is 0 Å². The van der Waals surface area contributed by atoms with Gasteiger partial charge < -0.3 is 20.1 Å². The highest BCUT2D eigenvalue weighted by atomic mass is 16.5. The summed E-state index contributed by atoms with van der Waals surface area (Å²) in [6.45, 7) is 1.39. The minimum Gasteiger partial charge on any atom is -0.497 e. The summed E-state index contributed by atoms with van der Waals surface area (Å²) in [4.78, 5) is 12.2. The van der Waals surface area contributed by atoms with Gasteiger partial charge in [-0.2, -0.15) is 0 Å². The molecule has 5 heteroatoms. The lowest BCUT2D eigenvalue weighted by Crippen LogP contribution is -2.12. The molecule has 0 spiro atoms. The number of anilines is 2. The molecule has 0 bridgehead atoms. The predicted molar refractivity (Wildman–Crippen MR) is 87.8 cm³/mol. The zero-order chi connectivity index (χ0) is 15.8. The second kappa shape index (κ2) is 8.05. The van der Waals surface area contributed by atoms with E-state index in [0.717, 1.165) is 17.9 Å². The molecule has 0 saturated carbocycles. The average molecular weight is 300 g/mol. The maximum atomic E-state index is 12.2. The van der Waals surface area contributed by atoms with E-state index >= 15 is 0 Å². The Bertz CT molecular complexity index is 612. The van der Waals surface area contributed by atoms with Crippen molar-refractivity contribution in [2.75, 3.05) is 38.0 Å². The molecule has 2 N–H and O–H groups in total. The fraction of sp³-hybridized carbons (Fsp3) is 0.235. The second-order valence-electron chi connectivity index (χ2n) is 4.68. The van der Waals surface area contributed by atoms with Crippen LogP contribution in [0.1, 0.15) is 10.4 Å². The molecule has 0 aromatic heterocycles. The smallest absolute Gasteiger partial charge is 0.255 e. The number of ether oxygens (including phenoxy) is 2. The molecule has 0 atom stereocenters. The number of carbonyl (C=O) groups is 1. The lowest BCUT2D eigenvalue weighted by Gasteiger charge is -2.09. The quantitative estimate of drug-likeness (QED) is 0.772. The Labute approximate surface area is 130 Å². The number of nitrogens with one attached hydrogen (secondary N) is 2. The van der Waals surface area contributed by atoms with Gasteiger partial charge in [0.1, 0.15) is 5.75 Å². The maximum absolute atomic E-state index is 12.2. The van der Waals surface area contributed by atoms with Gasteiger partial charge in [0.15, 0.2) is 0 Å². The van der Waals surface area contributed by atoms with E-state index in [2.05, 4.69) is 10.6 Å². The molecule has 2 aromatic rings. The summed E-state index contributed by atoms with van der Waals surface area (Å²) in [5.41, 5.74) is 2.28. The number of hydrogen-bond acceptors (Lipinski definition) is 4. The summed E-state index contributed by atoms with van der Waals surface area (Å²) in [5, 5.41) is 6.08. The molecule has 2 aromatic carbocycles. The predicted octanol–water partition coefficient (Wildman–Crippen LogP) is 3.01. The first kappa shape index (κ1) is 15.9. The molecule has 2 rings (SSSR count). The van der Waals surface area contributed by atoms with E-state index in [1.54, 1.807) is 38.5 Å². The maximum Gasteiger partial charge on any atom is 0.255 e. The van der Waals surface area contributed by atoms with E-state index in [0.29, 0.717) is 17.9 Å². The molecule has 0 heterocycles. The van der Waals surface area contributed by atoms with E-state index in [1.807, 2.05) is 24.3 Å². The van der Waals surface area contributed by atoms with Crippen LogP contribution in [0.4, 0.5) is 11.4 Å². The average Bonchev–Trinajstić information content (AvgIpc) is 2.56. The van der Waals surface area contributed by atoms with Gasteiger partial charge in [-0.1, -0.05) is 6.07 Å². The largest absolute Gasteiger partial charge is 0.497 e. The second-order valence-corrected chi connectivity index (χ2v) is 4.68. The number of methoxy groups -OCH3 is 2. The van der Waals surface area contributed by atoms with Gasteiger partial charge in [0.25, 0.3) is 5.91 Å². The molecule has 22 heavy (non-hydrogen) atoms. The molecule has 116 valence electrons. The van der Waals surface area contributed by atoms with Gasteiger partial charge in [-0.15, -0.1) is 0 Å². The van der Waals surface area contributed by atoms with Crippen LogP contribution >= 0.6 is 0 Å². The minimum absolute atomic E-state index is 0.168. The molecule has 0 fully saturated rings. The van der Waals surface area contributed by atoms with Crippen LogP contribution < -0.4 is 15.4 Å². The zero-order valence-electron chi connectivity index (χ0n) is 12.8. The Balaban J connectivity index is 1.96. The molecule has 0 aliphatic heterocycles. The van der Waals surface area contributed by atoms with Crippen molar-refractivity contribution in [2.45, 2.75) is 0 Å². The van der Waals surface area contributed by atoms with Crippen molar-refractivity contribution in [2.24, 2.45) is 0 Å². The molecule has 0 radical (unpaired) electrons. The highest BCUT2D eigenvalue weighted by Crippen LogP contribution is 2.16. The molecule has 0 unspecified atom stereocenters. The van der Waals surface area contributed by atoms with E-state index in [-0.39, 0.29) is 5.91 Å². The Hall–Kier alpha value is -2.53. The normalized spacial score (nSPS) is 10.1. The van der Waals surface area contributed by atoms with Crippen molar-refractivity contribution in [1.29, 1.82) is 0 Å². The highest BCUT2D eigenvalue weighted by Gasteiger charge is 2.07. The van der Waals surface area contributed by atoms with E-state index in [1.165, 1.54) is 0 Å². The third kappa shape index (κ3) is 4.49. The van der Waals surface area contributed by atoms with Crippen LogP contribution in [-0.4, -0.2) is 33.3 Å². The lowest BCUT2D eigenvalue weighted by molar-refractivity contribution is 0.102. The molecule has 0 saturated heterocycles. The van der Waals surface area contributed by atoms with Gasteiger partial charge in [-0.3, -0.25) is 4.79 Å². The van der Waals surface area contributed by atoms with Gasteiger partial charge in [0.05, 0.1) is 13.7 Å². The summed E-state index contributed by atoms with van der Waals surface area (Å²) in [5.74, 6) is 0.490. The molecular weight excluding hydrogens is 280 g/mol. The number of hydrogen-bond donors (Lipinski definition) is 2. The Kier molecular flexibility index (Phi) is 5.80. The first-order valence-electron chi connectivity index (χ1n) is 7.01. The van der Waals surface area contributed by atoms with Gasteiger partial charge in [0.2, 0.25) is 0 Å². The van der Waals surface area contributed by atoms with Crippen molar-refractivity contribution < 1.29 is 14.3 Å². The van der Waals surface area contributed by atoms with Crippen molar-refractivity contribution in [3.63, 3.8) is 0 Å². The first-order chi connectivity index (χ1) is 10.7. The zero-order valence-corrected chi connectivity index (χ0v) is 12.8. The Morgan fingerprint density at radius 1 is 1.05 bits per heavy atom. The Morgan fingerprint density at radius 3 is 2.45 bits per heavy atom. The monoisotopic (exact) mass is 300 g/mol. The lowest BCUT2D eigenvalue weighted by atomic mass is 10.2. The first-order valence-corrected chi connectivity index (χ1v) is 7.01. The van der Waals surface area contributed by atoms with Gasteiger partial charge in [0, 0.05) is 30.6 Å². The third-order valence-corrected chi connectivity index (χ3v) is 3.11. The van der Waals surface area contributed by atoms with Crippen LogP contribution in [0.25, 0.3) is 0 Å². The van der Waals surface area contributed by atoms with Crippen LogP contribution in [0.5, 0.6) is 5.75 Å². The van der Waals surface area contributed by atoms with Gasteiger partial charge in [-0.05, 0) is 42.5 Å². The summed E-state index contributed by atoms with van der Waals surface area (Å²) < 4.78 is 10.1. The number of amides is 1. The van der Waals surface area contributed by atoms with Crippen LogP contribution in [0.2, 0.25) is 0 Å². The molecule has 0 aliphatic carbocycles.